The molecule has 0 saturated carbocycles. The molecule has 2 heterocycles. The minimum absolute atomic E-state index is 1.11. The van der Waals surface area contributed by atoms with Crippen LogP contribution in [-0.2, 0) is 0 Å². The van der Waals surface area contributed by atoms with E-state index in [1.54, 1.807) is 0 Å². The number of fused-ring (bicyclic) bond motifs is 8. The van der Waals surface area contributed by atoms with Crippen LogP contribution < -0.4 is 20.7 Å². The average molecular weight is 1300 g/mol. The van der Waals surface area contributed by atoms with Crippen LogP contribution in [0.1, 0.15) is 0 Å². The van der Waals surface area contributed by atoms with E-state index in [0.717, 1.165) is 44.7 Å². The first kappa shape index (κ1) is 59.4. The molecule has 101 heavy (non-hydrogen) atoms. The number of para-hydroxylation sites is 3. The summed E-state index contributed by atoms with van der Waals surface area (Å²) in [6, 6.07) is 150. The smallest absolute Gasteiger partial charge is 0.179 e. The van der Waals surface area contributed by atoms with Crippen LogP contribution in [0.15, 0.2) is 400 Å². The van der Waals surface area contributed by atoms with Gasteiger partial charge in [0.15, 0.2) is 8.07 Å². The van der Waals surface area contributed by atoms with Crippen LogP contribution >= 0.6 is 0 Å². The normalized spacial score (nSPS) is 11.8. The Labute approximate surface area is 588 Å². The molecule has 19 rings (SSSR count). The molecule has 3 heteroatoms. The molecule has 0 unspecified atom stereocenters. The molecule has 0 aliphatic rings. The first-order valence-corrected chi connectivity index (χ1v) is 36.9. The fourth-order valence-corrected chi connectivity index (χ4v) is 21.3. The summed E-state index contributed by atoms with van der Waals surface area (Å²) >= 11 is 0. The number of rotatable bonds is 13. The molecular weight excluding hydrogens is 1230 g/mol. The first-order chi connectivity index (χ1) is 50.1. The fourth-order valence-electron chi connectivity index (χ4n) is 16.5. The van der Waals surface area contributed by atoms with Gasteiger partial charge in [-0.05, 0) is 211 Å². The van der Waals surface area contributed by atoms with Gasteiger partial charge in [0.05, 0.1) is 22.1 Å². The molecule has 0 spiro atoms. The van der Waals surface area contributed by atoms with Gasteiger partial charge in [-0.1, -0.05) is 309 Å². The van der Waals surface area contributed by atoms with Crippen LogP contribution in [0.4, 0.5) is 0 Å². The summed E-state index contributed by atoms with van der Waals surface area (Å²) in [7, 11) is -3.08. The molecular formula is C98H66N2Si. The van der Waals surface area contributed by atoms with Crippen LogP contribution in [0.3, 0.4) is 0 Å². The van der Waals surface area contributed by atoms with Gasteiger partial charge in [-0.25, -0.2) is 0 Å². The maximum absolute atomic E-state index is 3.08. The zero-order chi connectivity index (χ0) is 66.8. The van der Waals surface area contributed by atoms with Gasteiger partial charge in [-0.2, -0.15) is 0 Å². The Morgan fingerprint density at radius 2 is 0.416 bits per heavy atom. The van der Waals surface area contributed by atoms with Gasteiger partial charge in [-0.3, -0.25) is 0 Å². The van der Waals surface area contributed by atoms with Crippen LogP contribution in [-0.4, -0.2) is 17.2 Å². The second kappa shape index (κ2) is 24.9. The van der Waals surface area contributed by atoms with E-state index in [-0.39, 0.29) is 0 Å². The summed E-state index contributed by atoms with van der Waals surface area (Å²) in [5, 5.41) is 15.0. The van der Waals surface area contributed by atoms with Crippen molar-refractivity contribution in [3.05, 3.63) is 400 Å². The van der Waals surface area contributed by atoms with Crippen molar-refractivity contribution >= 4 is 94.0 Å². The molecule has 17 aromatic carbocycles. The molecule has 2 nitrogen and oxygen atoms in total. The molecule has 0 amide bonds. The highest BCUT2D eigenvalue weighted by Gasteiger charge is 2.42. The lowest BCUT2D eigenvalue weighted by molar-refractivity contribution is 1.14. The summed E-state index contributed by atoms with van der Waals surface area (Å²) in [5.41, 5.74) is 23.4. The van der Waals surface area contributed by atoms with Crippen molar-refractivity contribution in [1.82, 2.24) is 9.13 Å². The Balaban J connectivity index is 0.788. The maximum Gasteiger partial charge on any atom is 0.179 e. The van der Waals surface area contributed by atoms with Gasteiger partial charge in [0.1, 0.15) is 0 Å². The van der Waals surface area contributed by atoms with Crippen LogP contribution in [0, 0.1) is 0 Å². The van der Waals surface area contributed by atoms with Crippen molar-refractivity contribution in [3.63, 3.8) is 0 Å². The van der Waals surface area contributed by atoms with Crippen LogP contribution in [0.25, 0.3) is 154 Å². The fraction of sp³-hybridized carbons (Fsp3) is 0. The number of hydrogen-bond donors (Lipinski definition) is 0. The lowest BCUT2D eigenvalue weighted by atomic mass is 9.83. The van der Waals surface area contributed by atoms with E-state index in [2.05, 4.69) is 410 Å². The van der Waals surface area contributed by atoms with E-state index in [9.17, 15) is 0 Å². The lowest BCUT2D eigenvalue weighted by Gasteiger charge is -2.35. The Morgan fingerprint density at radius 1 is 0.149 bits per heavy atom. The SMILES string of the molecule is c1ccc(-c2cc(-c3ccccc3)cc(-c3c4ccccc4c(-c4cc(-c5ccccc5)cc(-c5cccc(-c6ccc7c(c6)c6ccccc6n7-c6cc(-n7c8ccccc8c8ccccc87)cc([Si](c7ccccc7)(c7ccccc7)c7ccccc7)c6)c5)c4)c4ccccc34)c2)cc1. The van der Waals surface area contributed by atoms with Gasteiger partial charge in [0.2, 0.25) is 0 Å². The Kier molecular flexibility index (Phi) is 14.6. The van der Waals surface area contributed by atoms with Crippen LogP contribution in [0.2, 0.25) is 0 Å². The van der Waals surface area contributed by atoms with Gasteiger partial charge in [0.25, 0.3) is 0 Å². The molecule has 0 bridgehead atoms. The van der Waals surface area contributed by atoms with E-state index < -0.39 is 8.07 Å². The predicted octanol–water partition coefficient (Wildman–Crippen LogP) is 23.2. The molecule has 0 atom stereocenters. The first-order valence-electron chi connectivity index (χ1n) is 34.9. The van der Waals surface area contributed by atoms with Crippen molar-refractivity contribution < 1.29 is 0 Å². The third-order valence-corrected chi connectivity index (χ3v) is 25.7. The highest BCUT2D eigenvalue weighted by Crippen LogP contribution is 2.48. The van der Waals surface area contributed by atoms with Crippen LogP contribution in [0.5, 0.6) is 0 Å². The summed E-state index contributed by atoms with van der Waals surface area (Å²) in [5.74, 6) is 0. The average Bonchev–Trinajstić information content (AvgIpc) is 1.71. The quantitative estimate of drug-likeness (QED) is 0.0619. The topological polar surface area (TPSA) is 9.86 Å². The third kappa shape index (κ3) is 10.2. The summed E-state index contributed by atoms with van der Waals surface area (Å²) in [4.78, 5) is 0. The maximum atomic E-state index is 2.53. The molecule has 2 aromatic heterocycles. The molecule has 0 N–H and O–H groups in total. The zero-order valence-corrected chi connectivity index (χ0v) is 56.5. The molecule has 472 valence electrons. The monoisotopic (exact) mass is 1300 g/mol. The van der Waals surface area contributed by atoms with Crippen molar-refractivity contribution in [3.8, 4) is 89.3 Å². The number of hydrogen-bond acceptors (Lipinski definition) is 0. The number of aromatic nitrogens is 2. The standard InChI is InChI=1S/C98H66N2Si/c1-7-30-67(31-8-1)73-57-74(68-32-9-2-10-33-68)60-77(59-73)97-88-47-19-21-49-90(88)98(91-50-22-20-48-89(91)97)78-61-75(69-34-11-3-12-35-69)58-76(62-78)71-37-29-36-70(56-71)72-54-55-96-92(63-72)87-46-25-28-53-95(87)100(96)80-64-79(99-93-51-26-23-44-85(93)86-45-24-27-52-94(86)99)65-84(66-80)101(81-38-13-4-14-39-81,82-40-15-5-16-41-82)83-42-17-6-18-43-83/h1-66H. The Hall–Kier alpha value is -12.9. The summed E-state index contributed by atoms with van der Waals surface area (Å²) in [6.07, 6.45) is 0. The second-order valence-corrected chi connectivity index (χ2v) is 30.5. The molecule has 0 saturated heterocycles. The van der Waals surface area contributed by atoms with Crippen molar-refractivity contribution in [1.29, 1.82) is 0 Å². The van der Waals surface area contributed by atoms with E-state index in [1.807, 2.05) is 0 Å². The predicted molar refractivity (Wildman–Crippen MR) is 432 cm³/mol. The van der Waals surface area contributed by atoms with Crippen molar-refractivity contribution in [2.45, 2.75) is 0 Å². The van der Waals surface area contributed by atoms with Crippen molar-refractivity contribution in [2.24, 2.45) is 0 Å². The summed E-state index contributed by atoms with van der Waals surface area (Å²) < 4.78 is 5.04. The molecule has 0 aliphatic heterocycles. The second-order valence-electron chi connectivity index (χ2n) is 26.7. The molecule has 0 fully saturated rings. The van der Waals surface area contributed by atoms with Gasteiger partial charge in [-0.15, -0.1) is 0 Å². The molecule has 19 aromatic rings. The highest BCUT2D eigenvalue weighted by atomic mass is 28.3. The van der Waals surface area contributed by atoms with Gasteiger partial charge < -0.3 is 9.13 Å². The number of nitrogens with zero attached hydrogens (tertiary/aromatic N) is 2. The van der Waals surface area contributed by atoms with E-state index >= 15 is 0 Å². The van der Waals surface area contributed by atoms with E-state index in [1.165, 1.54) is 131 Å². The van der Waals surface area contributed by atoms with Gasteiger partial charge in [0, 0.05) is 32.9 Å². The lowest BCUT2D eigenvalue weighted by Crippen LogP contribution is -2.74. The minimum atomic E-state index is -3.08. The highest BCUT2D eigenvalue weighted by molar-refractivity contribution is 7.20. The zero-order valence-electron chi connectivity index (χ0n) is 55.5. The van der Waals surface area contributed by atoms with E-state index in [4.69, 9.17) is 0 Å². The molecule has 0 radical (unpaired) electrons. The number of benzene rings is 17. The Morgan fingerprint density at radius 3 is 0.802 bits per heavy atom. The third-order valence-electron chi connectivity index (χ3n) is 21.0. The molecule has 0 aliphatic carbocycles. The van der Waals surface area contributed by atoms with Crippen molar-refractivity contribution in [2.75, 3.05) is 0 Å². The largest absolute Gasteiger partial charge is 0.309 e. The van der Waals surface area contributed by atoms with E-state index in [0.29, 0.717) is 0 Å². The summed E-state index contributed by atoms with van der Waals surface area (Å²) in [6.45, 7) is 0. The Bertz CT molecular complexity index is 6090. The minimum Gasteiger partial charge on any atom is -0.309 e. The van der Waals surface area contributed by atoms with Gasteiger partial charge >= 0.3 is 0 Å².